The van der Waals surface area contributed by atoms with Crippen LogP contribution in [-0.2, 0) is 4.74 Å². The Labute approximate surface area is 41.4 Å². The standard InChI is InChI=1S/C4H4OS/c1-3-6-4-2-5-1/h1,3H,2H2. The summed E-state index contributed by atoms with van der Waals surface area (Å²) in [4.78, 5) is 0. The number of thioether (sulfide) groups is 1. The SMILES string of the molecule is [C]1COC=CS1. The lowest BCUT2D eigenvalue weighted by Gasteiger charge is -2.00. The Kier molecular flexibility index (Phi) is 1.44. The van der Waals surface area contributed by atoms with Crippen LogP contribution in [0.25, 0.3) is 0 Å². The highest BCUT2D eigenvalue weighted by molar-refractivity contribution is 8.04. The van der Waals surface area contributed by atoms with E-state index in [1.807, 2.05) is 5.41 Å². The van der Waals surface area contributed by atoms with Crippen LogP contribution in [0.15, 0.2) is 11.7 Å². The molecule has 1 aliphatic rings. The van der Waals surface area contributed by atoms with Gasteiger partial charge in [0.25, 0.3) is 0 Å². The maximum Gasteiger partial charge on any atom is 0.105 e. The molecule has 0 amide bonds. The van der Waals surface area contributed by atoms with Gasteiger partial charge in [-0.3, -0.25) is 0 Å². The van der Waals surface area contributed by atoms with E-state index in [1.165, 1.54) is 11.8 Å². The van der Waals surface area contributed by atoms with E-state index in [0.29, 0.717) is 6.61 Å². The fraction of sp³-hybridized carbons (Fsp3) is 0.250. The molecule has 0 aromatic carbocycles. The summed E-state index contributed by atoms with van der Waals surface area (Å²) in [5.74, 6) is 2.89. The molecular weight excluding hydrogens is 96.1 g/mol. The second kappa shape index (κ2) is 2.13. The zero-order valence-corrected chi connectivity index (χ0v) is 3.99. The first kappa shape index (κ1) is 4.06. The molecule has 2 heteroatoms. The van der Waals surface area contributed by atoms with Crippen LogP contribution >= 0.6 is 11.8 Å². The fourth-order valence-electron chi connectivity index (χ4n) is 0.231. The Hall–Kier alpha value is -0.110. The van der Waals surface area contributed by atoms with Gasteiger partial charge in [-0.15, -0.1) is 11.8 Å². The predicted octanol–water partition coefficient (Wildman–Crippen LogP) is 1.26. The molecule has 2 radical (unpaired) electrons. The van der Waals surface area contributed by atoms with Gasteiger partial charge in [-0.05, 0) is 0 Å². The summed E-state index contributed by atoms with van der Waals surface area (Å²) < 4.78 is 4.76. The molecular formula is C4H4OS. The van der Waals surface area contributed by atoms with Crippen LogP contribution in [0.5, 0.6) is 0 Å². The molecule has 0 aromatic heterocycles. The zero-order chi connectivity index (χ0) is 4.24. The van der Waals surface area contributed by atoms with Crippen molar-refractivity contribution in [2.45, 2.75) is 0 Å². The third kappa shape index (κ3) is 0.937. The van der Waals surface area contributed by atoms with Crippen molar-refractivity contribution < 1.29 is 4.74 Å². The Morgan fingerprint density at radius 2 is 2.83 bits per heavy atom. The van der Waals surface area contributed by atoms with Crippen LogP contribution in [0.2, 0.25) is 0 Å². The van der Waals surface area contributed by atoms with Crippen molar-refractivity contribution in [2.24, 2.45) is 0 Å². The first-order valence-electron chi connectivity index (χ1n) is 1.65. The lowest BCUT2D eigenvalue weighted by molar-refractivity contribution is 0.283. The van der Waals surface area contributed by atoms with E-state index in [9.17, 15) is 0 Å². The van der Waals surface area contributed by atoms with E-state index in [-0.39, 0.29) is 0 Å². The van der Waals surface area contributed by atoms with E-state index in [1.54, 1.807) is 6.26 Å². The molecule has 32 valence electrons. The Balaban J connectivity index is 2.26. The van der Waals surface area contributed by atoms with Crippen LogP contribution in [0.1, 0.15) is 0 Å². The van der Waals surface area contributed by atoms with Crippen LogP contribution in [0.4, 0.5) is 0 Å². The van der Waals surface area contributed by atoms with Crippen LogP contribution in [-0.4, -0.2) is 6.61 Å². The summed E-state index contributed by atoms with van der Waals surface area (Å²) in [5.41, 5.74) is 0. The third-order valence-corrected chi connectivity index (χ3v) is 0.977. The molecule has 0 unspecified atom stereocenters. The molecule has 1 aliphatic heterocycles. The third-order valence-electron chi connectivity index (χ3n) is 0.445. The van der Waals surface area contributed by atoms with Crippen molar-refractivity contribution in [1.29, 1.82) is 0 Å². The molecule has 0 aliphatic carbocycles. The molecule has 0 spiro atoms. The molecule has 6 heavy (non-hydrogen) atoms. The van der Waals surface area contributed by atoms with Gasteiger partial charge in [0.1, 0.15) is 6.61 Å². The number of rotatable bonds is 0. The highest BCUT2D eigenvalue weighted by Gasteiger charge is 1.88. The Morgan fingerprint density at radius 3 is 3.00 bits per heavy atom. The van der Waals surface area contributed by atoms with Crippen molar-refractivity contribution in [3.8, 4) is 0 Å². The minimum atomic E-state index is 0.626. The largest absolute Gasteiger partial charge is 0.499 e. The van der Waals surface area contributed by atoms with Crippen molar-refractivity contribution in [1.82, 2.24) is 0 Å². The van der Waals surface area contributed by atoms with Crippen LogP contribution in [0, 0.1) is 5.75 Å². The van der Waals surface area contributed by atoms with Crippen LogP contribution in [0.3, 0.4) is 0 Å². The maximum atomic E-state index is 4.76. The minimum Gasteiger partial charge on any atom is -0.499 e. The molecule has 0 atom stereocenters. The molecule has 0 fully saturated rings. The molecule has 1 rings (SSSR count). The topological polar surface area (TPSA) is 9.23 Å². The second-order valence-corrected chi connectivity index (χ2v) is 1.64. The summed E-state index contributed by atoms with van der Waals surface area (Å²) in [7, 11) is 0. The van der Waals surface area contributed by atoms with E-state index in [4.69, 9.17) is 4.74 Å². The van der Waals surface area contributed by atoms with Gasteiger partial charge in [0.15, 0.2) is 0 Å². The van der Waals surface area contributed by atoms with Crippen molar-refractivity contribution >= 4 is 11.8 Å². The molecule has 0 N–H and O–H groups in total. The second-order valence-electron chi connectivity index (χ2n) is 0.845. The van der Waals surface area contributed by atoms with Gasteiger partial charge < -0.3 is 4.74 Å². The van der Waals surface area contributed by atoms with E-state index in [2.05, 4.69) is 5.75 Å². The minimum absolute atomic E-state index is 0.626. The maximum absolute atomic E-state index is 4.76. The number of hydrogen-bond donors (Lipinski definition) is 0. The normalized spacial score (nSPS) is 20.0. The molecule has 0 saturated carbocycles. The molecule has 1 nitrogen and oxygen atoms in total. The lowest BCUT2D eigenvalue weighted by atomic mass is 10.8. The van der Waals surface area contributed by atoms with Gasteiger partial charge in [-0.25, -0.2) is 0 Å². The molecule has 0 bridgehead atoms. The summed E-state index contributed by atoms with van der Waals surface area (Å²) >= 11 is 1.54. The predicted molar refractivity (Wildman–Crippen MR) is 25.9 cm³/mol. The molecule has 0 aromatic rings. The van der Waals surface area contributed by atoms with Gasteiger partial charge in [-0.1, -0.05) is 0 Å². The first-order valence-corrected chi connectivity index (χ1v) is 2.53. The zero-order valence-electron chi connectivity index (χ0n) is 3.18. The first-order chi connectivity index (χ1) is 3.00. The highest BCUT2D eigenvalue weighted by Crippen LogP contribution is 2.10. The monoisotopic (exact) mass is 100.0 g/mol. The molecule has 1 heterocycles. The van der Waals surface area contributed by atoms with Gasteiger partial charge in [-0.2, -0.15) is 0 Å². The smallest absolute Gasteiger partial charge is 0.105 e. The highest BCUT2D eigenvalue weighted by atomic mass is 32.2. The van der Waals surface area contributed by atoms with E-state index >= 15 is 0 Å². The Morgan fingerprint density at radius 1 is 1.83 bits per heavy atom. The summed E-state index contributed by atoms with van der Waals surface area (Å²) in [6.07, 6.45) is 1.67. The van der Waals surface area contributed by atoms with Crippen molar-refractivity contribution in [2.75, 3.05) is 6.61 Å². The summed E-state index contributed by atoms with van der Waals surface area (Å²) in [6.45, 7) is 0.626. The molecule has 0 saturated heterocycles. The quantitative estimate of drug-likeness (QED) is 0.453. The summed E-state index contributed by atoms with van der Waals surface area (Å²) in [5, 5.41) is 1.85. The van der Waals surface area contributed by atoms with Gasteiger partial charge in [0, 0.05) is 5.41 Å². The fourth-order valence-corrected chi connectivity index (χ4v) is 0.598. The van der Waals surface area contributed by atoms with Gasteiger partial charge in [0.05, 0.1) is 12.0 Å². The lowest BCUT2D eigenvalue weighted by Crippen LogP contribution is -1.86. The van der Waals surface area contributed by atoms with Crippen molar-refractivity contribution in [3.05, 3.63) is 17.4 Å². The van der Waals surface area contributed by atoms with Gasteiger partial charge in [0.2, 0.25) is 0 Å². The number of hydrogen-bond acceptors (Lipinski definition) is 2. The average molecular weight is 100 g/mol. The average Bonchev–Trinajstić information content (AvgIpc) is 1.72. The van der Waals surface area contributed by atoms with Gasteiger partial charge >= 0.3 is 0 Å². The van der Waals surface area contributed by atoms with Crippen molar-refractivity contribution in [3.63, 3.8) is 0 Å². The summed E-state index contributed by atoms with van der Waals surface area (Å²) in [6, 6.07) is 0. The van der Waals surface area contributed by atoms with E-state index in [0.717, 1.165) is 0 Å². The van der Waals surface area contributed by atoms with Crippen LogP contribution < -0.4 is 0 Å². The Bertz CT molecular complexity index is 52.6. The number of ether oxygens (including phenoxy) is 1. The van der Waals surface area contributed by atoms with E-state index < -0.39 is 0 Å².